The van der Waals surface area contributed by atoms with Gasteiger partial charge >= 0.3 is 0 Å². The van der Waals surface area contributed by atoms with Crippen molar-refractivity contribution >= 4 is 17.4 Å². The lowest BCUT2D eigenvalue weighted by atomic mass is 10.1. The van der Waals surface area contributed by atoms with Crippen LogP contribution in [0.25, 0.3) is 0 Å². The number of hydrogen-bond donors (Lipinski definition) is 0. The second-order valence-electron chi connectivity index (χ2n) is 2.76. The number of ether oxygens (including phenoxy) is 1. The fourth-order valence-electron chi connectivity index (χ4n) is 0.986. The van der Waals surface area contributed by atoms with Gasteiger partial charge in [-0.25, -0.2) is 0 Å². The number of rotatable bonds is 4. The van der Waals surface area contributed by atoms with Crippen LogP contribution >= 0.6 is 11.6 Å². The van der Waals surface area contributed by atoms with Gasteiger partial charge in [0, 0.05) is 11.1 Å². The van der Waals surface area contributed by atoms with E-state index in [1.54, 1.807) is 30.3 Å². The number of carbonyl (C=O) groups is 1. The number of benzene rings is 1. The third kappa shape index (κ3) is 3.23. The predicted molar refractivity (Wildman–Crippen MR) is 56.9 cm³/mol. The summed E-state index contributed by atoms with van der Waals surface area (Å²) in [6.45, 7) is 1.93. The van der Waals surface area contributed by atoms with Crippen molar-refractivity contribution in [2.24, 2.45) is 0 Å². The first-order valence-corrected chi connectivity index (χ1v) is 4.66. The average Bonchev–Trinajstić information content (AvgIpc) is 2.19. The van der Waals surface area contributed by atoms with Crippen molar-refractivity contribution in [2.45, 2.75) is 6.92 Å². The van der Waals surface area contributed by atoms with Crippen molar-refractivity contribution in [1.82, 2.24) is 0 Å². The quantitative estimate of drug-likeness (QED) is 0.715. The highest BCUT2D eigenvalue weighted by molar-refractivity contribution is 6.25. The van der Waals surface area contributed by atoms with Crippen molar-refractivity contribution in [3.8, 4) is 5.75 Å². The zero-order valence-electron chi connectivity index (χ0n) is 7.87. The highest BCUT2D eigenvalue weighted by atomic mass is 35.5. The van der Waals surface area contributed by atoms with E-state index in [-0.39, 0.29) is 5.78 Å². The smallest absolute Gasteiger partial charge is 0.159 e. The van der Waals surface area contributed by atoms with Crippen LogP contribution in [-0.2, 0) is 0 Å². The van der Waals surface area contributed by atoms with Crippen LogP contribution in [0, 0.1) is 0 Å². The lowest BCUT2D eigenvalue weighted by Crippen LogP contribution is -1.96. The normalized spacial score (nSPS) is 10.4. The van der Waals surface area contributed by atoms with Crippen LogP contribution in [0.4, 0.5) is 0 Å². The second-order valence-corrected chi connectivity index (χ2v) is 3.01. The SMILES string of the molecule is CC(=O)c1cccc(OC/C=C/Cl)c1. The summed E-state index contributed by atoms with van der Waals surface area (Å²) in [5.41, 5.74) is 2.05. The summed E-state index contributed by atoms with van der Waals surface area (Å²) in [5.74, 6) is 0.704. The molecule has 1 aromatic carbocycles. The lowest BCUT2D eigenvalue weighted by molar-refractivity contribution is 0.101. The van der Waals surface area contributed by atoms with Gasteiger partial charge in [-0.05, 0) is 25.1 Å². The first kappa shape index (κ1) is 10.8. The van der Waals surface area contributed by atoms with Crippen LogP contribution in [0.5, 0.6) is 5.75 Å². The van der Waals surface area contributed by atoms with Crippen LogP contribution in [0.3, 0.4) is 0 Å². The van der Waals surface area contributed by atoms with Gasteiger partial charge in [0.05, 0.1) is 0 Å². The van der Waals surface area contributed by atoms with Gasteiger partial charge in [-0.15, -0.1) is 0 Å². The maximum Gasteiger partial charge on any atom is 0.159 e. The van der Waals surface area contributed by atoms with Crippen molar-refractivity contribution in [2.75, 3.05) is 6.61 Å². The molecule has 0 radical (unpaired) electrons. The molecule has 3 heteroatoms. The Hall–Kier alpha value is -1.28. The molecule has 0 aliphatic rings. The molecule has 0 unspecified atom stereocenters. The van der Waals surface area contributed by atoms with E-state index in [0.29, 0.717) is 17.9 Å². The molecule has 0 atom stereocenters. The molecule has 0 bridgehead atoms. The standard InChI is InChI=1S/C11H11ClO2/c1-9(13)10-4-2-5-11(8-10)14-7-3-6-12/h2-6,8H,7H2,1H3/b6-3+. The molecule has 0 fully saturated rings. The molecule has 0 amide bonds. The van der Waals surface area contributed by atoms with Gasteiger partial charge in [0.25, 0.3) is 0 Å². The largest absolute Gasteiger partial charge is 0.489 e. The minimum atomic E-state index is 0.0309. The molecule has 0 spiro atoms. The fraction of sp³-hybridized carbons (Fsp3) is 0.182. The summed E-state index contributed by atoms with van der Waals surface area (Å²) in [5, 5.41) is 0. The Bertz CT molecular complexity index is 345. The maximum atomic E-state index is 11.0. The summed E-state index contributed by atoms with van der Waals surface area (Å²) in [4.78, 5) is 11.0. The Morgan fingerprint density at radius 3 is 3.00 bits per heavy atom. The van der Waals surface area contributed by atoms with E-state index in [2.05, 4.69) is 0 Å². The number of halogens is 1. The van der Waals surface area contributed by atoms with Crippen molar-refractivity contribution in [1.29, 1.82) is 0 Å². The Labute approximate surface area is 88.1 Å². The van der Waals surface area contributed by atoms with Crippen LogP contribution in [0.15, 0.2) is 35.9 Å². The monoisotopic (exact) mass is 210 g/mol. The van der Waals surface area contributed by atoms with Crippen molar-refractivity contribution in [3.05, 3.63) is 41.4 Å². The van der Waals surface area contributed by atoms with Gasteiger partial charge in [-0.1, -0.05) is 23.7 Å². The Morgan fingerprint density at radius 1 is 1.57 bits per heavy atom. The topological polar surface area (TPSA) is 26.3 Å². The molecular formula is C11H11ClO2. The van der Waals surface area contributed by atoms with E-state index in [9.17, 15) is 4.79 Å². The molecule has 0 N–H and O–H groups in total. The predicted octanol–water partition coefficient (Wildman–Crippen LogP) is 3.02. The molecule has 0 aliphatic carbocycles. The van der Waals surface area contributed by atoms with Crippen molar-refractivity contribution < 1.29 is 9.53 Å². The van der Waals surface area contributed by atoms with E-state index in [1.165, 1.54) is 12.5 Å². The van der Waals surface area contributed by atoms with E-state index >= 15 is 0 Å². The number of hydrogen-bond acceptors (Lipinski definition) is 2. The summed E-state index contributed by atoms with van der Waals surface area (Å²) in [6.07, 6.45) is 1.68. The van der Waals surface area contributed by atoms with E-state index in [0.717, 1.165) is 0 Å². The first-order chi connectivity index (χ1) is 6.74. The summed E-state index contributed by atoms with van der Waals surface area (Å²) in [7, 11) is 0. The number of Topliss-reactive ketones (excluding diaryl/α,β-unsaturated/α-hetero) is 1. The van der Waals surface area contributed by atoms with Gasteiger partial charge in [-0.2, -0.15) is 0 Å². The molecular weight excluding hydrogens is 200 g/mol. The van der Waals surface area contributed by atoms with E-state index in [1.807, 2.05) is 0 Å². The molecule has 0 saturated carbocycles. The fourth-order valence-corrected chi connectivity index (χ4v) is 1.06. The van der Waals surface area contributed by atoms with Gasteiger partial charge < -0.3 is 4.74 Å². The third-order valence-corrected chi connectivity index (χ3v) is 1.85. The molecule has 74 valence electrons. The van der Waals surface area contributed by atoms with E-state index in [4.69, 9.17) is 16.3 Å². The highest BCUT2D eigenvalue weighted by Gasteiger charge is 1.99. The third-order valence-electron chi connectivity index (χ3n) is 1.68. The Kier molecular flexibility index (Phi) is 4.20. The van der Waals surface area contributed by atoms with Crippen molar-refractivity contribution in [3.63, 3.8) is 0 Å². The zero-order chi connectivity index (χ0) is 10.4. The average molecular weight is 211 g/mol. The minimum absolute atomic E-state index is 0.0309. The molecule has 2 nitrogen and oxygen atoms in total. The molecule has 1 aromatic rings. The Balaban J connectivity index is 2.68. The number of carbonyl (C=O) groups excluding carboxylic acids is 1. The summed E-state index contributed by atoms with van der Waals surface area (Å²) in [6, 6.07) is 7.06. The molecule has 14 heavy (non-hydrogen) atoms. The summed E-state index contributed by atoms with van der Waals surface area (Å²) < 4.78 is 5.31. The minimum Gasteiger partial charge on any atom is -0.489 e. The molecule has 0 heterocycles. The van der Waals surface area contributed by atoms with Gasteiger partial charge in [0.2, 0.25) is 0 Å². The highest BCUT2D eigenvalue weighted by Crippen LogP contribution is 2.13. The van der Waals surface area contributed by atoms with Gasteiger partial charge in [-0.3, -0.25) is 4.79 Å². The summed E-state index contributed by atoms with van der Waals surface area (Å²) >= 11 is 5.33. The first-order valence-electron chi connectivity index (χ1n) is 4.23. The number of ketones is 1. The molecule has 0 aliphatic heterocycles. The van der Waals surface area contributed by atoms with Gasteiger partial charge in [0.15, 0.2) is 5.78 Å². The van der Waals surface area contributed by atoms with Crippen LogP contribution in [-0.4, -0.2) is 12.4 Å². The Morgan fingerprint density at radius 2 is 2.36 bits per heavy atom. The molecule has 1 rings (SSSR count). The maximum absolute atomic E-state index is 11.0. The zero-order valence-corrected chi connectivity index (χ0v) is 8.62. The molecule has 0 saturated heterocycles. The van der Waals surface area contributed by atoms with Crippen LogP contribution < -0.4 is 4.74 Å². The van der Waals surface area contributed by atoms with E-state index < -0.39 is 0 Å². The van der Waals surface area contributed by atoms with Crippen LogP contribution in [0.1, 0.15) is 17.3 Å². The lowest BCUT2D eigenvalue weighted by Gasteiger charge is -2.03. The second kappa shape index (κ2) is 5.45. The van der Waals surface area contributed by atoms with Gasteiger partial charge in [0.1, 0.15) is 12.4 Å². The van der Waals surface area contributed by atoms with Crippen LogP contribution in [0.2, 0.25) is 0 Å². The molecule has 0 aromatic heterocycles.